The summed E-state index contributed by atoms with van der Waals surface area (Å²) < 4.78 is 7.54. The van der Waals surface area contributed by atoms with Gasteiger partial charge in [-0.3, -0.25) is 0 Å². The topological polar surface area (TPSA) is 69.9 Å². The van der Waals surface area contributed by atoms with Gasteiger partial charge in [0.1, 0.15) is 17.3 Å². The molecular formula is C11H16N4OS. The van der Waals surface area contributed by atoms with E-state index in [1.54, 1.807) is 11.8 Å². The number of aromatic nitrogens is 3. The smallest absolute Gasteiger partial charge is 0.191 e. The minimum absolute atomic E-state index is 0.418. The van der Waals surface area contributed by atoms with Crippen molar-refractivity contribution in [1.29, 1.82) is 0 Å². The van der Waals surface area contributed by atoms with Crippen molar-refractivity contribution in [1.82, 2.24) is 14.8 Å². The molecule has 0 radical (unpaired) electrons. The molecule has 2 aromatic heterocycles. The van der Waals surface area contributed by atoms with Gasteiger partial charge in [-0.2, -0.15) is 0 Å². The molecule has 2 rings (SSSR count). The van der Waals surface area contributed by atoms with E-state index in [-0.39, 0.29) is 0 Å². The molecule has 0 fully saturated rings. The number of furan rings is 1. The average molecular weight is 252 g/mol. The van der Waals surface area contributed by atoms with Gasteiger partial charge in [0.05, 0.1) is 12.3 Å². The van der Waals surface area contributed by atoms with Gasteiger partial charge in [-0.1, -0.05) is 11.8 Å². The quantitative estimate of drug-likeness (QED) is 0.824. The fourth-order valence-electron chi connectivity index (χ4n) is 1.59. The highest BCUT2D eigenvalue weighted by Crippen LogP contribution is 2.22. The third-order valence-electron chi connectivity index (χ3n) is 2.43. The van der Waals surface area contributed by atoms with Crippen molar-refractivity contribution in [2.45, 2.75) is 37.8 Å². The minimum Gasteiger partial charge on any atom is -0.465 e. The van der Waals surface area contributed by atoms with Crippen LogP contribution in [-0.4, -0.2) is 14.8 Å². The Hall–Kier alpha value is -1.27. The minimum atomic E-state index is 0.418. The number of thioether (sulfide) groups is 1. The molecule has 0 saturated heterocycles. The number of hydrogen-bond donors (Lipinski definition) is 1. The van der Waals surface area contributed by atoms with Crippen molar-refractivity contribution < 1.29 is 4.42 Å². The fraction of sp³-hybridized carbons (Fsp3) is 0.455. The maximum absolute atomic E-state index is 5.60. The van der Waals surface area contributed by atoms with Crippen LogP contribution < -0.4 is 5.73 Å². The lowest BCUT2D eigenvalue weighted by Crippen LogP contribution is -2.07. The van der Waals surface area contributed by atoms with E-state index >= 15 is 0 Å². The normalized spacial score (nSPS) is 11.0. The van der Waals surface area contributed by atoms with Crippen LogP contribution in [0.2, 0.25) is 0 Å². The SMILES string of the molecule is CCn1c(CN)nnc1SCc1ccc(C)o1. The van der Waals surface area contributed by atoms with Gasteiger partial charge in [0.2, 0.25) is 0 Å². The van der Waals surface area contributed by atoms with Gasteiger partial charge in [0.15, 0.2) is 5.16 Å². The largest absolute Gasteiger partial charge is 0.465 e. The lowest BCUT2D eigenvalue weighted by molar-refractivity contribution is 0.501. The van der Waals surface area contributed by atoms with Gasteiger partial charge in [-0.15, -0.1) is 10.2 Å². The van der Waals surface area contributed by atoms with E-state index in [4.69, 9.17) is 10.2 Å². The van der Waals surface area contributed by atoms with E-state index in [0.29, 0.717) is 6.54 Å². The molecule has 2 N–H and O–H groups in total. The fourth-order valence-corrected chi connectivity index (χ4v) is 2.51. The number of hydrogen-bond acceptors (Lipinski definition) is 5. The molecule has 5 nitrogen and oxygen atoms in total. The molecule has 0 aromatic carbocycles. The summed E-state index contributed by atoms with van der Waals surface area (Å²) in [6, 6.07) is 3.95. The third-order valence-corrected chi connectivity index (χ3v) is 3.42. The molecule has 0 atom stereocenters. The van der Waals surface area contributed by atoms with Crippen LogP contribution in [0.3, 0.4) is 0 Å². The Morgan fingerprint density at radius 1 is 1.41 bits per heavy atom. The Kier molecular flexibility index (Phi) is 3.86. The van der Waals surface area contributed by atoms with Gasteiger partial charge in [-0.25, -0.2) is 0 Å². The first kappa shape index (κ1) is 12.2. The second-order valence-electron chi connectivity index (χ2n) is 3.65. The Bertz CT molecular complexity index is 491. The zero-order valence-corrected chi connectivity index (χ0v) is 10.8. The molecule has 0 aliphatic heterocycles. The summed E-state index contributed by atoms with van der Waals surface area (Å²) >= 11 is 1.61. The highest BCUT2D eigenvalue weighted by atomic mass is 32.2. The van der Waals surface area contributed by atoms with Crippen LogP contribution in [0.15, 0.2) is 21.7 Å². The summed E-state index contributed by atoms with van der Waals surface area (Å²) in [5.74, 6) is 3.47. The predicted molar refractivity (Wildman–Crippen MR) is 66.6 cm³/mol. The van der Waals surface area contributed by atoms with E-state index in [1.165, 1.54) is 0 Å². The maximum atomic E-state index is 5.60. The molecule has 0 unspecified atom stereocenters. The molecule has 0 bridgehead atoms. The van der Waals surface area contributed by atoms with Crippen LogP contribution in [0.4, 0.5) is 0 Å². The molecule has 17 heavy (non-hydrogen) atoms. The molecular weight excluding hydrogens is 236 g/mol. The Morgan fingerprint density at radius 2 is 2.24 bits per heavy atom. The van der Waals surface area contributed by atoms with E-state index < -0.39 is 0 Å². The second-order valence-corrected chi connectivity index (χ2v) is 4.59. The van der Waals surface area contributed by atoms with Crippen LogP contribution in [0.1, 0.15) is 24.3 Å². The van der Waals surface area contributed by atoms with E-state index in [0.717, 1.165) is 34.8 Å². The van der Waals surface area contributed by atoms with Gasteiger partial charge in [0.25, 0.3) is 0 Å². The van der Waals surface area contributed by atoms with Crippen molar-refractivity contribution in [3.05, 3.63) is 29.5 Å². The summed E-state index contributed by atoms with van der Waals surface area (Å²) in [7, 11) is 0. The van der Waals surface area contributed by atoms with Crippen molar-refractivity contribution in [2.24, 2.45) is 5.73 Å². The van der Waals surface area contributed by atoms with Crippen LogP contribution in [0.5, 0.6) is 0 Å². The number of rotatable bonds is 5. The van der Waals surface area contributed by atoms with E-state index in [9.17, 15) is 0 Å². The van der Waals surface area contributed by atoms with Crippen molar-refractivity contribution >= 4 is 11.8 Å². The maximum Gasteiger partial charge on any atom is 0.191 e. The van der Waals surface area contributed by atoms with Gasteiger partial charge < -0.3 is 14.7 Å². The monoisotopic (exact) mass is 252 g/mol. The number of aryl methyl sites for hydroxylation is 1. The van der Waals surface area contributed by atoms with Crippen LogP contribution in [-0.2, 0) is 18.8 Å². The van der Waals surface area contributed by atoms with E-state index in [1.807, 2.05) is 23.6 Å². The molecule has 0 spiro atoms. The lowest BCUT2D eigenvalue weighted by atomic mass is 10.5. The average Bonchev–Trinajstić information content (AvgIpc) is 2.91. The first-order valence-electron chi connectivity index (χ1n) is 5.54. The molecule has 2 heterocycles. The summed E-state index contributed by atoms with van der Waals surface area (Å²) in [6.07, 6.45) is 0. The Balaban J connectivity index is 2.06. The molecule has 6 heteroatoms. The Labute approximate surface area is 104 Å². The summed E-state index contributed by atoms with van der Waals surface area (Å²) in [5, 5.41) is 9.08. The molecule has 0 saturated carbocycles. The Morgan fingerprint density at radius 3 is 2.82 bits per heavy atom. The molecule has 92 valence electrons. The van der Waals surface area contributed by atoms with Crippen LogP contribution in [0, 0.1) is 6.92 Å². The van der Waals surface area contributed by atoms with Crippen LogP contribution in [0.25, 0.3) is 0 Å². The van der Waals surface area contributed by atoms with Crippen molar-refractivity contribution in [3.8, 4) is 0 Å². The second kappa shape index (κ2) is 5.37. The van der Waals surface area contributed by atoms with E-state index in [2.05, 4.69) is 17.1 Å². The molecule has 0 aliphatic carbocycles. The highest BCUT2D eigenvalue weighted by molar-refractivity contribution is 7.98. The van der Waals surface area contributed by atoms with Crippen LogP contribution >= 0.6 is 11.8 Å². The first-order valence-corrected chi connectivity index (χ1v) is 6.53. The number of nitrogens with two attached hydrogens (primary N) is 1. The van der Waals surface area contributed by atoms with Gasteiger partial charge >= 0.3 is 0 Å². The zero-order valence-electron chi connectivity index (χ0n) is 10.0. The lowest BCUT2D eigenvalue weighted by Gasteiger charge is -2.04. The number of nitrogens with zero attached hydrogens (tertiary/aromatic N) is 3. The molecule has 0 amide bonds. The van der Waals surface area contributed by atoms with Gasteiger partial charge in [-0.05, 0) is 26.0 Å². The standard InChI is InChI=1S/C11H16N4OS/c1-3-15-10(6-12)13-14-11(15)17-7-9-5-4-8(2)16-9/h4-5H,3,6-7,12H2,1-2H3. The zero-order chi connectivity index (χ0) is 12.3. The summed E-state index contributed by atoms with van der Waals surface area (Å²) in [6.45, 7) is 5.25. The summed E-state index contributed by atoms with van der Waals surface area (Å²) in [5.41, 5.74) is 5.60. The van der Waals surface area contributed by atoms with Crippen molar-refractivity contribution in [3.63, 3.8) is 0 Å². The van der Waals surface area contributed by atoms with Gasteiger partial charge in [0, 0.05) is 6.54 Å². The highest BCUT2D eigenvalue weighted by Gasteiger charge is 2.10. The molecule has 0 aliphatic rings. The van der Waals surface area contributed by atoms with Crippen molar-refractivity contribution in [2.75, 3.05) is 0 Å². The summed E-state index contributed by atoms with van der Waals surface area (Å²) in [4.78, 5) is 0. The third kappa shape index (κ3) is 2.70. The first-order chi connectivity index (χ1) is 8.24. The predicted octanol–water partition coefficient (Wildman–Crippen LogP) is 1.95. The molecule has 2 aromatic rings.